The van der Waals surface area contributed by atoms with Crippen molar-refractivity contribution in [1.82, 2.24) is 0 Å². The van der Waals surface area contributed by atoms with E-state index in [0.29, 0.717) is 25.7 Å². The molecular weight excluding hydrogens is 396 g/mol. The molecule has 1 aliphatic rings. The van der Waals surface area contributed by atoms with E-state index in [4.69, 9.17) is 19.3 Å². The number of hydrogen-bond acceptors (Lipinski definition) is 4. The maximum atomic E-state index is 8.00. The Labute approximate surface area is 166 Å². The zero-order valence-corrected chi connectivity index (χ0v) is 17.6. The SMILES string of the molecule is BrCCOOCC1C=CC=CC=C1.C=O.CC.COCc1ccccc1. The lowest BCUT2D eigenvalue weighted by Gasteiger charge is -2.06. The Morgan fingerprint density at radius 1 is 0.962 bits per heavy atom. The average Bonchev–Trinajstić information content (AvgIpc) is 2.99. The summed E-state index contributed by atoms with van der Waals surface area (Å²) >= 11 is 3.25. The van der Waals surface area contributed by atoms with E-state index in [1.807, 2.05) is 75.3 Å². The maximum Gasteiger partial charge on any atom is 0.106 e. The molecule has 0 aliphatic heterocycles. The van der Waals surface area contributed by atoms with Crippen LogP contribution in [0, 0.1) is 5.92 Å². The fourth-order valence-corrected chi connectivity index (χ4v) is 1.81. The molecule has 0 saturated heterocycles. The highest BCUT2D eigenvalue weighted by atomic mass is 79.9. The van der Waals surface area contributed by atoms with Crippen molar-refractivity contribution in [2.75, 3.05) is 25.7 Å². The van der Waals surface area contributed by atoms with Crippen LogP contribution in [-0.4, -0.2) is 32.4 Å². The van der Waals surface area contributed by atoms with Crippen molar-refractivity contribution in [3.05, 3.63) is 72.4 Å². The van der Waals surface area contributed by atoms with E-state index in [1.54, 1.807) is 7.11 Å². The molecule has 0 aromatic heterocycles. The Kier molecular flexibility index (Phi) is 24.1. The lowest BCUT2D eigenvalue weighted by Crippen LogP contribution is -2.06. The van der Waals surface area contributed by atoms with Gasteiger partial charge >= 0.3 is 0 Å². The third-order valence-corrected chi connectivity index (χ3v) is 3.03. The second kappa shape index (κ2) is 23.5. The van der Waals surface area contributed by atoms with E-state index < -0.39 is 0 Å². The van der Waals surface area contributed by atoms with Crippen molar-refractivity contribution < 1.29 is 19.3 Å². The van der Waals surface area contributed by atoms with Gasteiger partial charge in [0.05, 0.1) is 19.8 Å². The smallest absolute Gasteiger partial charge is 0.106 e. The van der Waals surface area contributed by atoms with Crippen LogP contribution in [0.1, 0.15) is 19.4 Å². The average molecular weight is 427 g/mol. The summed E-state index contributed by atoms with van der Waals surface area (Å²) in [5.74, 6) is 0.310. The Morgan fingerprint density at radius 3 is 2.04 bits per heavy atom. The monoisotopic (exact) mass is 426 g/mol. The third-order valence-electron chi connectivity index (χ3n) is 2.71. The first-order chi connectivity index (χ1) is 12.9. The minimum Gasteiger partial charge on any atom is -0.380 e. The van der Waals surface area contributed by atoms with Gasteiger partial charge in [-0.3, -0.25) is 0 Å². The van der Waals surface area contributed by atoms with Gasteiger partial charge in [-0.2, -0.15) is 0 Å². The standard InChI is InChI=1S/C10H13BrO2.C8H10O.C2H6.CH2O/c11-7-8-12-13-9-10-5-3-1-2-4-6-10;1-9-7-8-5-3-2-4-6-8;2*1-2/h1-6,10H,7-9H2;2-6H,7H2,1H3;1-2H3;1H2. The Bertz CT molecular complexity index is 456. The zero-order chi connectivity index (χ0) is 19.9. The molecule has 1 aromatic rings. The number of carbonyl (C=O) groups excluding carboxylic acids is 1. The normalized spacial score (nSPS) is 11.8. The number of carbonyl (C=O) groups is 1. The van der Waals surface area contributed by atoms with Gasteiger partial charge in [0, 0.05) is 18.4 Å². The van der Waals surface area contributed by atoms with Crippen molar-refractivity contribution in [2.24, 2.45) is 5.92 Å². The molecule has 0 bridgehead atoms. The van der Waals surface area contributed by atoms with Crippen LogP contribution >= 0.6 is 15.9 Å². The van der Waals surface area contributed by atoms with Crippen molar-refractivity contribution in [3.8, 4) is 0 Å². The number of methoxy groups -OCH3 is 1. The molecule has 5 heteroatoms. The number of halogens is 1. The summed E-state index contributed by atoms with van der Waals surface area (Å²) in [4.78, 5) is 17.9. The highest BCUT2D eigenvalue weighted by molar-refractivity contribution is 9.09. The molecule has 0 radical (unpaired) electrons. The van der Waals surface area contributed by atoms with Crippen LogP contribution in [0.3, 0.4) is 0 Å². The molecule has 0 heterocycles. The highest BCUT2D eigenvalue weighted by Crippen LogP contribution is 2.06. The second-order valence-electron chi connectivity index (χ2n) is 4.53. The summed E-state index contributed by atoms with van der Waals surface area (Å²) in [6.45, 7) is 7.86. The van der Waals surface area contributed by atoms with Gasteiger partial charge in [-0.25, -0.2) is 9.78 Å². The van der Waals surface area contributed by atoms with Gasteiger partial charge in [-0.05, 0) is 5.56 Å². The molecule has 2 rings (SSSR count). The van der Waals surface area contributed by atoms with Crippen LogP contribution in [0.25, 0.3) is 0 Å². The number of alkyl halides is 1. The van der Waals surface area contributed by atoms with Crippen LogP contribution < -0.4 is 0 Å². The van der Waals surface area contributed by atoms with E-state index in [2.05, 4.69) is 28.1 Å². The Hall–Kier alpha value is -1.53. The first-order valence-electron chi connectivity index (χ1n) is 8.50. The van der Waals surface area contributed by atoms with Gasteiger partial charge < -0.3 is 9.53 Å². The summed E-state index contributed by atoms with van der Waals surface area (Å²) in [5, 5.41) is 0.797. The van der Waals surface area contributed by atoms with E-state index in [-0.39, 0.29) is 0 Å². The number of hydrogen-bond donors (Lipinski definition) is 0. The van der Waals surface area contributed by atoms with Crippen LogP contribution in [0.15, 0.2) is 66.8 Å². The van der Waals surface area contributed by atoms with Crippen molar-refractivity contribution >= 4 is 22.7 Å². The van der Waals surface area contributed by atoms with Gasteiger partial charge in [-0.1, -0.05) is 96.6 Å². The summed E-state index contributed by atoms with van der Waals surface area (Å²) < 4.78 is 4.93. The van der Waals surface area contributed by atoms with Crippen LogP contribution in [0.5, 0.6) is 0 Å². The number of rotatable bonds is 7. The molecule has 4 nitrogen and oxygen atoms in total. The summed E-state index contributed by atoms with van der Waals surface area (Å²) in [6.07, 6.45) is 12.2. The molecule has 1 aromatic carbocycles. The van der Waals surface area contributed by atoms with E-state index in [1.165, 1.54) is 5.56 Å². The van der Waals surface area contributed by atoms with Crippen molar-refractivity contribution in [1.29, 1.82) is 0 Å². The Balaban J connectivity index is 0. The summed E-state index contributed by atoms with van der Waals surface area (Å²) in [7, 11) is 1.70. The predicted octanol–water partition coefficient (Wildman–Crippen LogP) is 5.30. The maximum absolute atomic E-state index is 8.00. The molecule has 0 amide bonds. The fourth-order valence-electron chi connectivity index (χ4n) is 1.68. The molecule has 0 spiro atoms. The lowest BCUT2D eigenvalue weighted by molar-refractivity contribution is -0.292. The molecular formula is C21H31BrO4. The Morgan fingerprint density at radius 2 is 1.54 bits per heavy atom. The third kappa shape index (κ3) is 17.3. The van der Waals surface area contributed by atoms with Crippen LogP contribution in [0.4, 0.5) is 0 Å². The number of allylic oxidation sites excluding steroid dienone is 4. The highest BCUT2D eigenvalue weighted by Gasteiger charge is 2.01. The largest absolute Gasteiger partial charge is 0.380 e. The number of ether oxygens (including phenoxy) is 1. The van der Waals surface area contributed by atoms with E-state index in [0.717, 1.165) is 5.33 Å². The molecule has 0 fully saturated rings. The van der Waals surface area contributed by atoms with Crippen molar-refractivity contribution in [2.45, 2.75) is 20.5 Å². The predicted molar refractivity (Wildman–Crippen MR) is 112 cm³/mol. The van der Waals surface area contributed by atoms with Gasteiger partial charge in [0.2, 0.25) is 0 Å². The summed E-state index contributed by atoms with van der Waals surface area (Å²) in [6, 6.07) is 10.1. The molecule has 26 heavy (non-hydrogen) atoms. The quantitative estimate of drug-likeness (QED) is 0.256. The molecule has 0 saturated carbocycles. The molecule has 0 unspecified atom stereocenters. The van der Waals surface area contributed by atoms with Crippen LogP contribution in [0.2, 0.25) is 0 Å². The van der Waals surface area contributed by atoms with Gasteiger partial charge in [-0.15, -0.1) is 0 Å². The van der Waals surface area contributed by atoms with Gasteiger partial charge in [0.1, 0.15) is 6.79 Å². The van der Waals surface area contributed by atoms with Crippen LogP contribution in [-0.2, 0) is 25.9 Å². The number of benzene rings is 1. The molecule has 1 aliphatic carbocycles. The molecule has 0 atom stereocenters. The minimum absolute atomic E-state index is 0.310. The van der Waals surface area contributed by atoms with E-state index >= 15 is 0 Å². The van der Waals surface area contributed by atoms with Gasteiger partial charge in [0.25, 0.3) is 0 Å². The van der Waals surface area contributed by atoms with Crippen molar-refractivity contribution in [3.63, 3.8) is 0 Å². The van der Waals surface area contributed by atoms with Gasteiger partial charge in [0.15, 0.2) is 0 Å². The first-order valence-corrected chi connectivity index (χ1v) is 9.62. The molecule has 0 N–H and O–H groups in total. The van der Waals surface area contributed by atoms with E-state index in [9.17, 15) is 0 Å². The lowest BCUT2D eigenvalue weighted by atomic mass is 10.1. The summed E-state index contributed by atoms with van der Waals surface area (Å²) in [5.41, 5.74) is 1.22. The minimum atomic E-state index is 0.310. The topological polar surface area (TPSA) is 44.8 Å². The second-order valence-corrected chi connectivity index (χ2v) is 5.33. The zero-order valence-electron chi connectivity index (χ0n) is 16.0. The fraction of sp³-hybridized carbons (Fsp3) is 0.381. The first kappa shape index (κ1) is 26.7. The molecule has 146 valence electrons.